The average Bonchev–Trinajstić information content (AvgIpc) is 3.38. The van der Waals surface area contributed by atoms with Crippen molar-refractivity contribution in [1.82, 2.24) is 30.6 Å². The lowest BCUT2D eigenvalue weighted by Crippen LogP contribution is -2.30. The Bertz CT molecular complexity index is 1190. The van der Waals surface area contributed by atoms with E-state index in [1.165, 1.54) is 38.5 Å². The van der Waals surface area contributed by atoms with Crippen LogP contribution in [0.4, 0.5) is 5.82 Å². The lowest BCUT2D eigenvalue weighted by Gasteiger charge is -2.28. The highest BCUT2D eigenvalue weighted by Gasteiger charge is 2.19. The van der Waals surface area contributed by atoms with Gasteiger partial charge in [-0.05, 0) is 36.6 Å². The van der Waals surface area contributed by atoms with Crippen LogP contribution in [-0.2, 0) is 6.42 Å². The Balaban J connectivity index is 1.51. The van der Waals surface area contributed by atoms with Gasteiger partial charge in [0.15, 0.2) is 11.6 Å². The number of hydrogen-bond donors (Lipinski definition) is 1. The highest BCUT2D eigenvalue weighted by molar-refractivity contribution is 9.10. The highest BCUT2D eigenvalue weighted by Crippen LogP contribution is 2.31. The van der Waals surface area contributed by atoms with E-state index < -0.39 is 0 Å². The summed E-state index contributed by atoms with van der Waals surface area (Å²) in [6, 6.07) is 16.5. The van der Waals surface area contributed by atoms with Gasteiger partial charge in [0.25, 0.3) is 0 Å². The van der Waals surface area contributed by atoms with Gasteiger partial charge in [-0.2, -0.15) is 5.21 Å². The molecule has 8 heteroatoms. The molecule has 1 aliphatic carbocycles. The van der Waals surface area contributed by atoms with E-state index in [0.717, 1.165) is 57.4 Å². The van der Waals surface area contributed by atoms with Gasteiger partial charge in [-0.15, -0.1) is 10.2 Å². The number of nitrogens with one attached hydrogen (secondary N) is 1. The number of H-pyrrole nitrogens is 1. The Morgan fingerprint density at radius 3 is 2.67 bits per heavy atom. The molecule has 7 nitrogen and oxygen atoms in total. The van der Waals surface area contributed by atoms with Crippen LogP contribution in [0.2, 0.25) is 0 Å². The summed E-state index contributed by atoms with van der Waals surface area (Å²) in [7, 11) is 0. The minimum Gasteiger partial charge on any atom is -0.356 e. The second kappa shape index (κ2) is 10.4. The van der Waals surface area contributed by atoms with Crippen LogP contribution < -0.4 is 4.90 Å². The van der Waals surface area contributed by atoms with E-state index in [0.29, 0.717) is 6.42 Å². The number of aromatic amines is 1. The van der Waals surface area contributed by atoms with Gasteiger partial charge in [0.2, 0.25) is 0 Å². The predicted molar refractivity (Wildman–Crippen MR) is 134 cm³/mol. The highest BCUT2D eigenvalue weighted by atomic mass is 79.9. The van der Waals surface area contributed by atoms with Crippen molar-refractivity contribution in [3.8, 4) is 11.4 Å². The molecule has 4 aromatic rings. The van der Waals surface area contributed by atoms with Crippen molar-refractivity contribution < 1.29 is 0 Å². The molecule has 0 bridgehead atoms. The zero-order valence-electron chi connectivity index (χ0n) is 18.6. The van der Waals surface area contributed by atoms with E-state index in [2.05, 4.69) is 71.8 Å². The summed E-state index contributed by atoms with van der Waals surface area (Å²) in [6.45, 7) is 1.74. The minimum atomic E-state index is 0.714. The first-order chi connectivity index (χ1) is 16.3. The molecule has 0 radical (unpaired) electrons. The van der Waals surface area contributed by atoms with Gasteiger partial charge in [0.1, 0.15) is 5.82 Å². The fourth-order valence-corrected chi connectivity index (χ4v) is 5.12. The van der Waals surface area contributed by atoms with Crippen LogP contribution in [0.15, 0.2) is 53.0 Å². The molecular weight excluding hydrogens is 478 g/mol. The predicted octanol–water partition coefficient (Wildman–Crippen LogP) is 5.59. The van der Waals surface area contributed by atoms with E-state index in [-0.39, 0.29) is 0 Å². The number of hydrogen-bond acceptors (Lipinski definition) is 6. The Morgan fingerprint density at radius 2 is 1.85 bits per heavy atom. The molecule has 0 amide bonds. The molecule has 5 rings (SSSR count). The van der Waals surface area contributed by atoms with E-state index in [1.807, 2.05) is 18.2 Å². The van der Waals surface area contributed by atoms with Crippen molar-refractivity contribution in [2.24, 2.45) is 5.92 Å². The van der Waals surface area contributed by atoms with E-state index >= 15 is 0 Å². The number of aromatic nitrogens is 6. The maximum absolute atomic E-state index is 5.11. The number of benzene rings is 2. The summed E-state index contributed by atoms with van der Waals surface area (Å²) in [5.41, 5.74) is 1.96. The molecular formula is C25H28BrN7. The zero-order chi connectivity index (χ0) is 22.5. The Hall–Kier alpha value is -2.87. The van der Waals surface area contributed by atoms with E-state index in [1.54, 1.807) is 0 Å². The molecule has 0 unspecified atom stereocenters. The van der Waals surface area contributed by atoms with Gasteiger partial charge >= 0.3 is 0 Å². The molecule has 2 heterocycles. The van der Waals surface area contributed by atoms with Crippen molar-refractivity contribution in [2.45, 2.75) is 44.9 Å². The SMILES string of the molecule is Brc1cccc(-c2nc(N(CCc3nn[nH]n3)CCC3CCCCC3)c3ccccc3n2)c1. The summed E-state index contributed by atoms with van der Waals surface area (Å²) < 4.78 is 1.02. The number of halogens is 1. The number of tetrazole rings is 1. The smallest absolute Gasteiger partial charge is 0.176 e. The van der Waals surface area contributed by atoms with E-state index in [4.69, 9.17) is 9.97 Å². The first kappa shape index (κ1) is 21.9. The molecule has 0 aliphatic heterocycles. The Morgan fingerprint density at radius 1 is 0.970 bits per heavy atom. The van der Waals surface area contributed by atoms with Crippen molar-refractivity contribution in [2.75, 3.05) is 18.0 Å². The number of rotatable bonds is 8. The van der Waals surface area contributed by atoms with Crippen molar-refractivity contribution >= 4 is 32.7 Å². The second-order valence-electron chi connectivity index (χ2n) is 8.76. The fourth-order valence-electron chi connectivity index (χ4n) is 4.72. The number of para-hydroxylation sites is 1. The monoisotopic (exact) mass is 505 g/mol. The van der Waals surface area contributed by atoms with Gasteiger partial charge in [-0.3, -0.25) is 0 Å². The molecule has 170 valence electrons. The molecule has 2 aromatic heterocycles. The number of fused-ring (bicyclic) bond motifs is 1. The van der Waals surface area contributed by atoms with E-state index in [9.17, 15) is 0 Å². The number of nitrogens with zero attached hydrogens (tertiary/aromatic N) is 6. The number of anilines is 1. The molecule has 0 atom stereocenters. The normalized spacial score (nSPS) is 14.6. The van der Waals surface area contributed by atoms with Crippen LogP contribution in [-0.4, -0.2) is 43.7 Å². The van der Waals surface area contributed by atoms with Gasteiger partial charge in [-0.25, -0.2) is 9.97 Å². The zero-order valence-corrected chi connectivity index (χ0v) is 20.2. The standard InChI is InChI=1S/C25H28BrN7/c26-20-10-6-9-19(17-20)24-27-22-12-5-4-11-21(22)25(28-24)33(16-14-23-29-31-32-30-23)15-13-18-7-2-1-3-8-18/h4-6,9-12,17-18H,1-3,7-8,13-16H2,(H,29,30,31,32). The van der Waals surface area contributed by atoms with Gasteiger partial charge in [0, 0.05) is 34.9 Å². The lowest BCUT2D eigenvalue weighted by molar-refractivity contribution is 0.340. The van der Waals surface area contributed by atoms with Gasteiger partial charge < -0.3 is 4.90 Å². The second-order valence-corrected chi connectivity index (χ2v) is 9.67. The Labute approximate surface area is 202 Å². The summed E-state index contributed by atoms with van der Waals surface area (Å²) >= 11 is 3.58. The third-order valence-electron chi connectivity index (χ3n) is 6.49. The molecule has 33 heavy (non-hydrogen) atoms. The third-order valence-corrected chi connectivity index (χ3v) is 6.99. The van der Waals surface area contributed by atoms with Crippen LogP contribution in [0.25, 0.3) is 22.3 Å². The Kier molecular flexibility index (Phi) is 6.90. The average molecular weight is 506 g/mol. The fraction of sp³-hybridized carbons (Fsp3) is 0.400. The maximum Gasteiger partial charge on any atom is 0.176 e. The van der Waals surface area contributed by atoms with Crippen LogP contribution in [0, 0.1) is 5.92 Å². The summed E-state index contributed by atoms with van der Waals surface area (Å²) in [6.07, 6.45) is 8.67. The van der Waals surface area contributed by atoms with Crippen molar-refractivity contribution in [3.63, 3.8) is 0 Å². The molecule has 2 aromatic carbocycles. The molecule has 0 saturated heterocycles. The van der Waals surface area contributed by atoms with Crippen LogP contribution in [0.5, 0.6) is 0 Å². The summed E-state index contributed by atoms with van der Waals surface area (Å²) in [4.78, 5) is 12.4. The molecule has 1 fully saturated rings. The summed E-state index contributed by atoms with van der Waals surface area (Å²) in [5.74, 6) is 3.24. The van der Waals surface area contributed by atoms with Gasteiger partial charge in [0.05, 0.1) is 5.52 Å². The minimum absolute atomic E-state index is 0.714. The van der Waals surface area contributed by atoms with Crippen molar-refractivity contribution in [3.05, 3.63) is 58.8 Å². The van der Waals surface area contributed by atoms with Gasteiger partial charge in [-0.1, -0.05) is 77.5 Å². The van der Waals surface area contributed by atoms with Crippen LogP contribution in [0.3, 0.4) is 0 Å². The molecule has 0 spiro atoms. The largest absolute Gasteiger partial charge is 0.356 e. The van der Waals surface area contributed by atoms with Crippen LogP contribution >= 0.6 is 15.9 Å². The quantitative estimate of drug-likeness (QED) is 0.335. The molecule has 1 N–H and O–H groups in total. The topological polar surface area (TPSA) is 83.5 Å². The lowest BCUT2D eigenvalue weighted by atomic mass is 9.87. The first-order valence-electron chi connectivity index (χ1n) is 11.8. The first-order valence-corrected chi connectivity index (χ1v) is 12.6. The third kappa shape index (κ3) is 5.38. The summed E-state index contributed by atoms with van der Waals surface area (Å²) in [5, 5.41) is 15.7. The molecule has 1 aliphatic rings. The van der Waals surface area contributed by atoms with Crippen LogP contribution in [0.1, 0.15) is 44.3 Å². The molecule has 1 saturated carbocycles. The van der Waals surface area contributed by atoms with Crippen molar-refractivity contribution in [1.29, 1.82) is 0 Å². The maximum atomic E-state index is 5.11.